The maximum Gasteiger partial charge on any atom is 0.191 e. The SMILES string of the molecule is CN=C(NCCOCCOC)NCc1ccc(C)cc1. The third-order valence-corrected chi connectivity index (χ3v) is 2.77. The van der Waals surface area contributed by atoms with Crippen molar-refractivity contribution in [2.24, 2.45) is 4.99 Å². The number of rotatable bonds is 8. The maximum atomic E-state index is 5.37. The zero-order valence-corrected chi connectivity index (χ0v) is 12.6. The molecule has 0 saturated carbocycles. The lowest BCUT2D eigenvalue weighted by atomic mass is 10.1. The molecule has 0 saturated heterocycles. The van der Waals surface area contributed by atoms with E-state index in [1.807, 2.05) is 0 Å². The van der Waals surface area contributed by atoms with E-state index < -0.39 is 0 Å². The molecule has 0 atom stereocenters. The molecule has 0 fully saturated rings. The molecule has 0 aliphatic carbocycles. The number of guanidine groups is 1. The molecule has 2 N–H and O–H groups in total. The predicted octanol–water partition coefficient (Wildman–Crippen LogP) is 1.32. The molecule has 0 aliphatic rings. The van der Waals surface area contributed by atoms with Gasteiger partial charge < -0.3 is 20.1 Å². The summed E-state index contributed by atoms with van der Waals surface area (Å²) in [6, 6.07) is 8.45. The minimum atomic E-state index is 0.619. The Bertz CT molecular complexity index is 391. The number of nitrogens with zero attached hydrogens (tertiary/aromatic N) is 1. The van der Waals surface area contributed by atoms with Gasteiger partial charge in [0.15, 0.2) is 5.96 Å². The molecule has 0 spiro atoms. The molecule has 5 nitrogen and oxygen atoms in total. The quantitative estimate of drug-likeness (QED) is 0.428. The van der Waals surface area contributed by atoms with E-state index >= 15 is 0 Å². The normalized spacial score (nSPS) is 11.4. The van der Waals surface area contributed by atoms with E-state index in [2.05, 4.69) is 46.8 Å². The zero-order valence-electron chi connectivity index (χ0n) is 12.6. The monoisotopic (exact) mass is 279 g/mol. The van der Waals surface area contributed by atoms with Crippen LogP contribution in [0.25, 0.3) is 0 Å². The van der Waals surface area contributed by atoms with E-state index in [4.69, 9.17) is 9.47 Å². The second-order valence-corrected chi connectivity index (χ2v) is 4.44. The molecule has 0 amide bonds. The average Bonchev–Trinajstić information content (AvgIpc) is 2.47. The van der Waals surface area contributed by atoms with Crippen LogP contribution in [0.4, 0.5) is 0 Å². The van der Waals surface area contributed by atoms with Gasteiger partial charge in [0.25, 0.3) is 0 Å². The number of aliphatic imine (C=N–C) groups is 1. The van der Waals surface area contributed by atoms with E-state index in [1.54, 1.807) is 14.2 Å². The fraction of sp³-hybridized carbons (Fsp3) is 0.533. The van der Waals surface area contributed by atoms with Crippen molar-refractivity contribution < 1.29 is 9.47 Å². The van der Waals surface area contributed by atoms with Gasteiger partial charge in [-0.05, 0) is 12.5 Å². The highest BCUT2D eigenvalue weighted by molar-refractivity contribution is 5.79. The lowest BCUT2D eigenvalue weighted by Crippen LogP contribution is -2.38. The number of hydrogen-bond acceptors (Lipinski definition) is 3. The summed E-state index contributed by atoms with van der Waals surface area (Å²) in [7, 11) is 3.43. The fourth-order valence-corrected chi connectivity index (χ4v) is 1.60. The van der Waals surface area contributed by atoms with E-state index in [0.29, 0.717) is 19.8 Å². The van der Waals surface area contributed by atoms with Crippen LogP contribution in [0.15, 0.2) is 29.3 Å². The Balaban J connectivity index is 2.18. The molecule has 0 bridgehead atoms. The molecular weight excluding hydrogens is 254 g/mol. The predicted molar refractivity (Wildman–Crippen MR) is 82.1 cm³/mol. The summed E-state index contributed by atoms with van der Waals surface area (Å²) in [6.45, 7) is 5.44. The van der Waals surface area contributed by atoms with Crippen molar-refractivity contribution in [3.05, 3.63) is 35.4 Å². The van der Waals surface area contributed by atoms with Gasteiger partial charge in [0.05, 0.1) is 19.8 Å². The number of aryl methyl sites for hydroxylation is 1. The van der Waals surface area contributed by atoms with Crippen molar-refractivity contribution in [3.63, 3.8) is 0 Å². The highest BCUT2D eigenvalue weighted by Gasteiger charge is 1.98. The van der Waals surface area contributed by atoms with Crippen LogP contribution in [0.5, 0.6) is 0 Å². The number of ether oxygens (including phenoxy) is 2. The van der Waals surface area contributed by atoms with E-state index in [0.717, 1.165) is 19.0 Å². The minimum Gasteiger partial charge on any atom is -0.382 e. The minimum absolute atomic E-state index is 0.619. The molecule has 0 unspecified atom stereocenters. The van der Waals surface area contributed by atoms with Crippen LogP contribution in [-0.4, -0.2) is 46.5 Å². The lowest BCUT2D eigenvalue weighted by molar-refractivity contribution is 0.0733. The van der Waals surface area contributed by atoms with Crippen molar-refractivity contribution in [1.29, 1.82) is 0 Å². The Kier molecular flexibility index (Phi) is 8.42. The molecule has 1 aromatic rings. The molecule has 20 heavy (non-hydrogen) atoms. The third-order valence-electron chi connectivity index (χ3n) is 2.77. The first-order chi connectivity index (χ1) is 9.76. The number of hydrogen-bond donors (Lipinski definition) is 2. The van der Waals surface area contributed by atoms with Crippen LogP contribution >= 0.6 is 0 Å². The van der Waals surface area contributed by atoms with Crippen LogP contribution in [0.2, 0.25) is 0 Å². The third kappa shape index (κ3) is 7.11. The van der Waals surface area contributed by atoms with Crippen LogP contribution in [-0.2, 0) is 16.0 Å². The number of methoxy groups -OCH3 is 1. The van der Waals surface area contributed by atoms with Gasteiger partial charge in [0, 0.05) is 27.2 Å². The molecule has 5 heteroatoms. The van der Waals surface area contributed by atoms with Crippen LogP contribution < -0.4 is 10.6 Å². The second kappa shape index (κ2) is 10.2. The first kappa shape index (κ1) is 16.5. The smallest absolute Gasteiger partial charge is 0.191 e. The largest absolute Gasteiger partial charge is 0.382 e. The Morgan fingerprint density at radius 1 is 1.10 bits per heavy atom. The molecule has 1 rings (SSSR count). The van der Waals surface area contributed by atoms with E-state index in [9.17, 15) is 0 Å². The van der Waals surface area contributed by atoms with Gasteiger partial charge in [0.2, 0.25) is 0 Å². The van der Waals surface area contributed by atoms with Gasteiger partial charge >= 0.3 is 0 Å². The molecule has 1 aromatic carbocycles. The van der Waals surface area contributed by atoms with Crippen molar-refractivity contribution in [2.75, 3.05) is 40.5 Å². The van der Waals surface area contributed by atoms with Crippen LogP contribution in [0.3, 0.4) is 0 Å². The molecular formula is C15H25N3O2. The number of nitrogens with one attached hydrogen (secondary N) is 2. The Hall–Kier alpha value is -1.59. The second-order valence-electron chi connectivity index (χ2n) is 4.44. The summed E-state index contributed by atoms with van der Waals surface area (Å²) in [5.41, 5.74) is 2.50. The van der Waals surface area contributed by atoms with Gasteiger partial charge in [-0.2, -0.15) is 0 Å². The van der Waals surface area contributed by atoms with Gasteiger partial charge in [0.1, 0.15) is 0 Å². The van der Waals surface area contributed by atoms with Crippen LogP contribution in [0, 0.1) is 6.92 Å². The topological polar surface area (TPSA) is 54.9 Å². The summed E-state index contributed by atoms with van der Waals surface area (Å²) >= 11 is 0. The summed E-state index contributed by atoms with van der Waals surface area (Å²) in [5.74, 6) is 0.779. The standard InChI is InChI=1S/C15H25N3O2/c1-13-4-6-14(7-5-13)12-18-15(16-2)17-8-9-20-11-10-19-3/h4-7H,8-12H2,1-3H3,(H2,16,17,18). The first-order valence-corrected chi connectivity index (χ1v) is 6.83. The zero-order chi connectivity index (χ0) is 14.6. The van der Waals surface area contributed by atoms with Crippen molar-refractivity contribution >= 4 is 5.96 Å². The van der Waals surface area contributed by atoms with Crippen molar-refractivity contribution in [2.45, 2.75) is 13.5 Å². The summed E-state index contributed by atoms with van der Waals surface area (Å²) in [5, 5.41) is 6.47. The molecule has 0 aromatic heterocycles. The van der Waals surface area contributed by atoms with E-state index in [-0.39, 0.29) is 0 Å². The maximum absolute atomic E-state index is 5.37. The fourth-order valence-electron chi connectivity index (χ4n) is 1.60. The Morgan fingerprint density at radius 3 is 2.50 bits per heavy atom. The highest BCUT2D eigenvalue weighted by atomic mass is 16.5. The Morgan fingerprint density at radius 2 is 1.85 bits per heavy atom. The molecule has 0 radical (unpaired) electrons. The molecule has 0 aliphatic heterocycles. The van der Waals surface area contributed by atoms with Gasteiger partial charge in [-0.15, -0.1) is 0 Å². The van der Waals surface area contributed by atoms with Gasteiger partial charge in [-0.25, -0.2) is 0 Å². The van der Waals surface area contributed by atoms with Crippen molar-refractivity contribution in [3.8, 4) is 0 Å². The average molecular weight is 279 g/mol. The van der Waals surface area contributed by atoms with Gasteiger partial charge in [-0.3, -0.25) is 4.99 Å². The number of benzene rings is 1. The van der Waals surface area contributed by atoms with E-state index in [1.165, 1.54) is 11.1 Å². The van der Waals surface area contributed by atoms with Crippen LogP contribution in [0.1, 0.15) is 11.1 Å². The lowest BCUT2D eigenvalue weighted by Gasteiger charge is -2.12. The highest BCUT2D eigenvalue weighted by Crippen LogP contribution is 2.02. The first-order valence-electron chi connectivity index (χ1n) is 6.83. The van der Waals surface area contributed by atoms with Gasteiger partial charge in [-0.1, -0.05) is 29.8 Å². The van der Waals surface area contributed by atoms with Crippen molar-refractivity contribution in [1.82, 2.24) is 10.6 Å². The molecule has 0 heterocycles. The Labute approximate surface area is 121 Å². The molecule has 112 valence electrons. The summed E-state index contributed by atoms with van der Waals surface area (Å²) in [6.07, 6.45) is 0. The summed E-state index contributed by atoms with van der Waals surface area (Å²) < 4.78 is 10.3. The summed E-state index contributed by atoms with van der Waals surface area (Å²) in [4.78, 5) is 4.17.